The molecule has 1 fully saturated rings. The molecule has 8 nitrogen and oxygen atoms in total. The van der Waals surface area contributed by atoms with Crippen LogP contribution in [-0.4, -0.2) is 49.0 Å². The molecule has 3 heterocycles. The van der Waals surface area contributed by atoms with Crippen LogP contribution in [-0.2, 0) is 28.5 Å². The van der Waals surface area contributed by atoms with Gasteiger partial charge in [0.25, 0.3) is 11.8 Å². The van der Waals surface area contributed by atoms with E-state index in [1.807, 2.05) is 0 Å². The van der Waals surface area contributed by atoms with Crippen molar-refractivity contribution >= 4 is 17.5 Å². The monoisotopic (exact) mass is 609 g/mol. The van der Waals surface area contributed by atoms with Crippen molar-refractivity contribution in [3.05, 3.63) is 88.8 Å². The Morgan fingerprint density at radius 2 is 1.77 bits per heavy atom. The maximum atomic E-state index is 14.5. The number of aliphatic hydroxyl groups excluding tert-OH is 1. The van der Waals surface area contributed by atoms with E-state index in [9.17, 15) is 45.4 Å². The second-order valence-corrected chi connectivity index (χ2v) is 10.2. The van der Waals surface area contributed by atoms with E-state index >= 15 is 0 Å². The van der Waals surface area contributed by atoms with E-state index in [-0.39, 0.29) is 12.1 Å². The number of halogens is 7. The number of aliphatic hydroxyl groups is 1. The summed E-state index contributed by atoms with van der Waals surface area (Å²) in [5.74, 6) is -3.46. The second-order valence-electron chi connectivity index (χ2n) is 10.2. The van der Waals surface area contributed by atoms with E-state index in [0.717, 1.165) is 11.1 Å². The Morgan fingerprint density at radius 1 is 1.05 bits per heavy atom. The van der Waals surface area contributed by atoms with Crippen LogP contribution in [0.25, 0.3) is 11.3 Å². The highest BCUT2D eigenvalue weighted by molar-refractivity contribution is 6.24. The first-order chi connectivity index (χ1) is 20.1. The summed E-state index contributed by atoms with van der Waals surface area (Å²) in [5.41, 5.74) is -6.10. The Kier molecular flexibility index (Phi) is 7.40. The van der Waals surface area contributed by atoms with Gasteiger partial charge in [-0.1, -0.05) is 18.2 Å². The molecule has 15 heteroatoms. The van der Waals surface area contributed by atoms with E-state index in [2.05, 4.69) is 15.3 Å². The van der Waals surface area contributed by atoms with Crippen molar-refractivity contribution in [1.29, 1.82) is 0 Å². The summed E-state index contributed by atoms with van der Waals surface area (Å²) in [6.07, 6.45) is -8.51. The molecular formula is C28H22F7N5O3. The number of carbonyl (C=O) groups is 2. The van der Waals surface area contributed by atoms with Gasteiger partial charge in [-0.15, -0.1) is 0 Å². The van der Waals surface area contributed by atoms with E-state index in [0.29, 0.717) is 43.9 Å². The van der Waals surface area contributed by atoms with E-state index < -0.39 is 75.1 Å². The maximum absolute atomic E-state index is 14.5. The minimum Gasteiger partial charge on any atom is -0.509 e. The van der Waals surface area contributed by atoms with Crippen molar-refractivity contribution in [1.82, 2.24) is 20.0 Å². The van der Waals surface area contributed by atoms with Gasteiger partial charge in [0.1, 0.15) is 29.2 Å². The zero-order valence-corrected chi connectivity index (χ0v) is 22.2. The van der Waals surface area contributed by atoms with E-state index in [1.165, 1.54) is 23.2 Å². The predicted octanol–water partition coefficient (Wildman–Crippen LogP) is 5.88. The average molecular weight is 610 g/mol. The zero-order valence-electron chi connectivity index (χ0n) is 22.2. The summed E-state index contributed by atoms with van der Waals surface area (Å²) in [7, 11) is 0. The van der Waals surface area contributed by atoms with Crippen LogP contribution in [0.1, 0.15) is 36.6 Å². The van der Waals surface area contributed by atoms with Crippen molar-refractivity contribution in [2.24, 2.45) is 0 Å². The molecule has 43 heavy (non-hydrogen) atoms. The third kappa shape index (κ3) is 5.51. The minimum absolute atomic E-state index is 0.125. The Labute approximate surface area is 239 Å². The van der Waals surface area contributed by atoms with Crippen molar-refractivity contribution in [3.8, 4) is 11.3 Å². The average Bonchev–Trinajstić information content (AvgIpc) is 3.34. The third-order valence-electron chi connectivity index (χ3n) is 7.42. The molecule has 0 unspecified atom stereocenters. The lowest BCUT2D eigenvalue weighted by Gasteiger charge is -2.46. The van der Waals surface area contributed by atoms with Crippen molar-refractivity contribution in [2.75, 3.05) is 11.9 Å². The van der Waals surface area contributed by atoms with Crippen LogP contribution in [0.4, 0.5) is 36.4 Å². The van der Waals surface area contributed by atoms with Gasteiger partial charge in [0.05, 0.1) is 29.0 Å². The molecule has 0 bridgehead atoms. The van der Waals surface area contributed by atoms with Gasteiger partial charge < -0.3 is 10.4 Å². The summed E-state index contributed by atoms with van der Waals surface area (Å²) >= 11 is 0. The third-order valence-corrected chi connectivity index (χ3v) is 7.42. The molecular weight excluding hydrogens is 587 g/mol. The Bertz CT molecular complexity index is 1640. The summed E-state index contributed by atoms with van der Waals surface area (Å²) in [6.45, 7) is 1.58. The van der Waals surface area contributed by atoms with Crippen LogP contribution in [0.3, 0.4) is 0 Å². The molecule has 226 valence electrons. The van der Waals surface area contributed by atoms with Crippen LogP contribution in [0, 0.1) is 5.82 Å². The lowest BCUT2D eigenvalue weighted by Crippen LogP contribution is -2.60. The number of nitrogens with zero attached hydrogens (tertiary/aromatic N) is 4. The van der Waals surface area contributed by atoms with Crippen LogP contribution < -0.4 is 5.32 Å². The second kappa shape index (κ2) is 10.6. The van der Waals surface area contributed by atoms with Gasteiger partial charge in [0.2, 0.25) is 0 Å². The normalized spacial score (nSPS) is 19.5. The molecule has 5 rings (SSSR count). The standard InChI is InChI=1S/C28H22F7N5O3/c1-26-9-4-10-40(26)39(13-15-5-2-3-6-18(15)29)25(43)22(23(26)41)24(42)38-19-8-7-16(27(30,31)32)11-17(19)20-12-21(28(33,34)35)37-14-36-20/h2-3,5-8,11-12,14,41H,4,9-10,13H2,1H3,(H,38,42)/t26-/m1/s1. The smallest absolute Gasteiger partial charge is 0.433 e. The minimum atomic E-state index is -4.95. The number of amides is 2. The van der Waals surface area contributed by atoms with E-state index in [4.69, 9.17) is 0 Å². The highest BCUT2D eigenvalue weighted by Gasteiger charge is 2.52. The summed E-state index contributed by atoms with van der Waals surface area (Å²) in [4.78, 5) is 34.0. The molecule has 1 atom stereocenters. The first-order valence-electron chi connectivity index (χ1n) is 12.8. The molecule has 0 spiro atoms. The molecule has 2 aromatic carbocycles. The summed E-state index contributed by atoms with van der Waals surface area (Å²) in [5, 5.41) is 16.1. The molecule has 0 aliphatic carbocycles. The molecule has 0 saturated carbocycles. The molecule has 1 saturated heterocycles. The largest absolute Gasteiger partial charge is 0.509 e. The number of hydrogen-bond donors (Lipinski definition) is 2. The highest BCUT2D eigenvalue weighted by atomic mass is 19.4. The van der Waals surface area contributed by atoms with Gasteiger partial charge in [-0.3, -0.25) is 14.6 Å². The van der Waals surface area contributed by atoms with Gasteiger partial charge in [-0.2, -0.15) is 26.3 Å². The Morgan fingerprint density at radius 3 is 2.44 bits per heavy atom. The number of rotatable bonds is 5. The van der Waals surface area contributed by atoms with Gasteiger partial charge in [0, 0.05) is 17.7 Å². The number of alkyl halides is 6. The van der Waals surface area contributed by atoms with Crippen molar-refractivity contribution < 1.29 is 45.4 Å². The first-order valence-corrected chi connectivity index (χ1v) is 12.8. The van der Waals surface area contributed by atoms with Crippen LogP contribution in [0.2, 0.25) is 0 Å². The van der Waals surface area contributed by atoms with Crippen LogP contribution in [0.5, 0.6) is 0 Å². The fourth-order valence-corrected chi connectivity index (χ4v) is 5.22. The van der Waals surface area contributed by atoms with Crippen molar-refractivity contribution in [3.63, 3.8) is 0 Å². The van der Waals surface area contributed by atoms with Crippen molar-refractivity contribution in [2.45, 2.75) is 44.2 Å². The molecule has 0 radical (unpaired) electrons. The fraction of sp³-hybridized carbons (Fsp3) is 0.286. The molecule has 2 amide bonds. The first kappa shape index (κ1) is 29.9. The number of aromatic nitrogens is 2. The summed E-state index contributed by atoms with van der Waals surface area (Å²) in [6, 6.07) is 7.96. The van der Waals surface area contributed by atoms with Crippen LogP contribution >= 0.6 is 0 Å². The lowest BCUT2D eigenvalue weighted by atomic mass is 9.90. The highest BCUT2D eigenvalue weighted by Crippen LogP contribution is 2.43. The number of benzene rings is 2. The number of nitrogens with one attached hydrogen (secondary N) is 1. The van der Waals surface area contributed by atoms with Gasteiger partial charge in [-0.05, 0) is 50.1 Å². The van der Waals surface area contributed by atoms with Gasteiger partial charge >= 0.3 is 12.4 Å². The SMILES string of the molecule is C[C@]12CCCN1N(Cc1ccccc1F)C(=O)C(C(=O)Nc1ccc(C(F)(F)F)cc1-c1cc(C(F)(F)F)ncn1)=C2O. The number of hydrazine groups is 1. The Balaban J connectivity index is 1.56. The quantitative estimate of drug-likeness (QED) is 0.277. The maximum Gasteiger partial charge on any atom is 0.433 e. The van der Waals surface area contributed by atoms with E-state index in [1.54, 1.807) is 13.0 Å². The van der Waals surface area contributed by atoms with Crippen LogP contribution in [0.15, 0.2) is 66.2 Å². The number of carbonyl (C=O) groups excluding carboxylic acids is 2. The zero-order chi connectivity index (χ0) is 31.3. The molecule has 1 aromatic heterocycles. The lowest BCUT2D eigenvalue weighted by molar-refractivity contribution is -0.160. The van der Waals surface area contributed by atoms with Gasteiger partial charge in [0.15, 0.2) is 0 Å². The fourth-order valence-electron chi connectivity index (χ4n) is 5.22. The molecule has 2 N–H and O–H groups in total. The summed E-state index contributed by atoms with van der Waals surface area (Å²) < 4.78 is 95.0. The molecule has 2 aliphatic heterocycles. The predicted molar refractivity (Wildman–Crippen MR) is 137 cm³/mol. The number of hydrogen-bond acceptors (Lipinski definition) is 6. The topological polar surface area (TPSA) is 98.7 Å². The van der Waals surface area contributed by atoms with Gasteiger partial charge in [-0.25, -0.2) is 19.4 Å². The molecule has 3 aromatic rings. The number of anilines is 1. The Hall–Kier alpha value is -4.53. The number of fused-ring (bicyclic) bond motifs is 1. The molecule has 2 aliphatic rings.